The van der Waals surface area contributed by atoms with Gasteiger partial charge in [-0.15, -0.1) is 0 Å². The van der Waals surface area contributed by atoms with Gasteiger partial charge in [0, 0.05) is 19.5 Å². The zero-order valence-corrected chi connectivity index (χ0v) is 21.6. The largest absolute Gasteiger partial charge is 0.493 e. The Hall–Kier alpha value is -3.80. The van der Waals surface area contributed by atoms with Crippen molar-refractivity contribution >= 4 is 16.9 Å². The smallest absolute Gasteiger partial charge is 0.257 e. The van der Waals surface area contributed by atoms with Crippen LogP contribution in [-0.4, -0.2) is 35.2 Å². The molecule has 0 radical (unpaired) electrons. The third kappa shape index (κ3) is 6.25. The molecule has 1 heterocycles. The summed E-state index contributed by atoms with van der Waals surface area (Å²) >= 11 is 0. The first kappa shape index (κ1) is 25.3. The van der Waals surface area contributed by atoms with Crippen LogP contribution in [0.15, 0.2) is 60.7 Å². The second-order valence-electron chi connectivity index (χ2n) is 9.25. The lowest BCUT2D eigenvalue weighted by molar-refractivity contribution is -0.123. The zero-order chi connectivity index (χ0) is 25.5. The fraction of sp³-hybridized carbons (Fsp3) is 0.333. The van der Waals surface area contributed by atoms with E-state index in [1.165, 1.54) is 0 Å². The van der Waals surface area contributed by atoms with E-state index in [1.54, 1.807) is 0 Å². The molecule has 1 aromatic heterocycles. The van der Waals surface area contributed by atoms with E-state index in [1.807, 2.05) is 50.2 Å². The standard InChI is InChI=1S/C30H35N3O3/c1-21-13-14-22(2)27(19-21)36-20-29(34)31-16-15-28-32-25-11-5-6-12-26(25)33(28)17-8-18-35-30-23(3)9-7-10-24(30)4/h5-7,9-14,19H,8,15-18,20H2,1-4H3,(H,31,34). The van der Waals surface area contributed by atoms with Crippen LogP contribution in [0.1, 0.15) is 34.5 Å². The van der Waals surface area contributed by atoms with Gasteiger partial charge in [-0.3, -0.25) is 4.79 Å². The SMILES string of the molecule is Cc1ccc(C)c(OCC(=O)NCCc2nc3ccccc3n2CCCOc2c(C)cccc2C)c1. The third-order valence-corrected chi connectivity index (χ3v) is 6.29. The molecular formula is C30H35N3O3. The number of aryl methyl sites for hydroxylation is 5. The Morgan fingerprint density at radius 3 is 2.50 bits per heavy atom. The maximum Gasteiger partial charge on any atom is 0.257 e. The number of nitrogens with zero attached hydrogens (tertiary/aromatic N) is 2. The molecule has 0 fully saturated rings. The van der Waals surface area contributed by atoms with Crippen LogP contribution < -0.4 is 14.8 Å². The van der Waals surface area contributed by atoms with E-state index in [0.29, 0.717) is 19.6 Å². The predicted octanol–water partition coefficient (Wildman–Crippen LogP) is 5.48. The highest BCUT2D eigenvalue weighted by atomic mass is 16.5. The number of carbonyl (C=O) groups excluding carboxylic acids is 1. The van der Waals surface area contributed by atoms with Crippen molar-refractivity contribution in [1.29, 1.82) is 0 Å². The fourth-order valence-electron chi connectivity index (χ4n) is 4.36. The van der Waals surface area contributed by atoms with Crippen LogP contribution in [0.25, 0.3) is 11.0 Å². The van der Waals surface area contributed by atoms with E-state index in [0.717, 1.165) is 63.6 Å². The highest BCUT2D eigenvalue weighted by Crippen LogP contribution is 2.23. The summed E-state index contributed by atoms with van der Waals surface area (Å²) in [5, 5.41) is 2.97. The molecule has 0 aliphatic rings. The molecule has 0 saturated carbocycles. The lowest BCUT2D eigenvalue weighted by Crippen LogP contribution is -2.31. The van der Waals surface area contributed by atoms with Crippen LogP contribution in [-0.2, 0) is 17.8 Å². The van der Waals surface area contributed by atoms with Gasteiger partial charge >= 0.3 is 0 Å². The Morgan fingerprint density at radius 1 is 0.917 bits per heavy atom. The normalized spacial score (nSPS) is 11.0. The van der Waals surface area contributed by atoms with Crippen molar-refractivity contribution in [1.82, 2.24) is 14.9 Å². The Bertz CT molecular complexity index is 1320. The van der Waals surface area contributed by atoms with Crippen molar-refractivity contribution in [2.24, 2.45) is 0 Å². The van der Waals surface area contributed by atoms with E-state index in [4.69, 9.17) is 14.5 Å². The van der Waals surface area contributed by atoms with E-state index in [9.17, 15) is 4.79 Å². The number of ether oxygens (including phenoxy) is 2. The molecule has 0 saturated heterocycles. The fourth-order valence-corrected chi connectivity index (χ4v) is 4.36. The molecule has 188 valence electrons. The summed E-state index contributed by atoms with van der Waals surface area (Å²) in [7, 11) is 0. The number of nitrogens with one attached hydrogen (secondary N) is 1. The molecule has 0 bridgehead atoms. The maximum absolute atomic E-state index is 12.4. The molecule has 1 amide bonds. The lowest BCUT2D eigenvalue weighted by atomic mass is 10.1. The van der Waals surface area contributed by atoms with Crippen LogP contribution in [0.3, 0.4) is 0 Å². The molecule has 0 spiro atoms. The Labute approximate surface area is 213 Å². The summed E-state index contributed by atoms with van der Waals surface area (Å²) in [5.74, 6) is 2.54. The Balaban J connectivity index is 1.32. The van der Waals surface area contributed by atoms with Gasteiger partial charge < -0.3 is 19.4 Å². The van der Waals surface area contributed by atoms with Gasteiger partial charge in [0.25, 0.3) is 5.91 Å². The number of rotatable bonds is 11. The van der Waals surface area contributed by atoms with Crippen molar-refractivity contribution in [2.75, 3.05) is 19.8 Å². The summed E-state index contributed by atoms with van der Waals surface area (Å²) in [6.45, 7) is 10.1. The Morgan fingerprint density at radius 2 is 1.69 bits per heavy atom. The van der Waals surface area contributed by atoms with Gasteiger partial charge in [-0.25, -0.2) is 4.98 Å². The number of benzene rings is 3. The topological polar surface area (TPSA) is 65.4 Å². The first-order valence-electron chi connectivity index (χ1n) is 12.5. The summed E-state index contributed by atoms with van der Waals surface area (Å²) in [4.78, 5) is 17.2. The average Bonchev–Trinajstić information content (AvgIpc) is 3.21. The molecule has 4 rings (SSSR count). The number of amides is 1. The molecule has 0 unspecified atom stereocenters. The third-order valence-electron chi connectivity index (χ3n) is 6.29. The van der Waals surface area contributed by atoms with Crippen LogP contribution in [0, 0.1) is 27.7 Å². The minimum Gasteiger partial charge on any atom is -0.493 e. The Kier molecular flexibility index (Phi) is 8.26. The van der Waals surface area contributed by atoms with Crippen molar-refractivity contribution in [3.05, 3.63) is 88.7 Å². The van der Waals surface area contributed by atoms with Gasteiger partial charge in [-0.1, -0.05) is 42.5 Å². The average molecular weight is 486 g/mol. The second-order valence-corrected chi connectivity index (χ2v) is 9.25. The maximum atomic E-state index is 12.4. The lowest BCUT2D eigenvalue weighted by Gasteiger charge is -2.14. The van der Waals surface area contributed by atoms with Gasteiger partial charge in [0.15, 0.2) is 6.61 Å². The van der Waals surface area contributed by atoms with E-state index in [-0.39, 0.29) is 12.5 Å². The summed E-state index contributed by atoms with van der Waals surface area (Å²) in [6.07, 6.45) is 1.50. The molecule has 6 nitrogen and oxygen atoms in total. The minimum absolute atomic E-state index is 0.00360. The number of hydrogen-bond donors (Lipinski definition) is 1. The molecule has 36 heavy (non-hydrogen) atoms. The molecule has 4 aromatic rings. The van der Waals surface area contributed by atoms with Gasteiger partial charge in [-0.2, -0.15) is 0 Å². The summed E-state index contributed by atoms with van der Waals surface area (Å²) in [6, 6.07) is 20.3. The molecule has 0 aliphatic heterocycles. The van der Waals surface area contributed by atoms with Gasteiger partial charge in [-0.05, 0) is 74.6 Å². The van der Waals surface area contributed by atoms with E-state index in [2.05, 4.69) is 48.0 Å². The van der Waals surface area contributed by atoms with Crippen molar-refractivity contribution in [3.8, 4) is 11.5 Å². The van der Waals surface area contributed by atoms with Crippen LogP contribution in [0.2, 0.25) is 0 Å². The number of aromatic nitrogens is 2. The molecule has 0 atom stereocenters. The van der Waals surface area contributed by atoms with Crippen molar-refractivity contribution < 1.29 is 14.3 Å². The van der Waals surface area contributed by atoms with Crippen LogP contribution >= 0.6 is 0 Å². The monoisotopic (exact) mass is 485 g/mol. The van der Waals surface area contributed by atoms with Crippen molar-refractivity contribution in [3.63, 3.8) is 0 Å². The van der Waals surface area contributed by atoms with Gasteiger partial charge in [0.2, 0.25) is 0 Å². The number of para-hydroxylation sites is 3. The van der Waals surface area contributed by atoms with Gasteiger partial charge in [0.05, 0.1) is 17.6 Å². The van der Waals surface area contributed by atoms with E-state index >= 15 is 0 Å². The van der Waals surface area contributed by atoms with Crippen molar-refractivity contribution in [2.45, 2.75) is 47.1 Å². The van der Waals surface area contributed by atoms with Crippen LogP contribution in [0.5, 0.6) is 11.5 Å². The molecule has 6 heteroatoms. The second kappa shape index (κ2) is 11.8. The summed E-state index contributed by atoms with van der Waals surface area (Å²) in [5.41, 5.74) is 6.50. The number of imidazole rings is 1. The molecule has 3 aromatic carbocycles. The quantitative estimate of drug-likeness (QED) is 0.286. The molecular weight excluding hydrogens is 450 g/mol. The highest BCUT2D eigenvalue weighted by molar-refractivity contribution is 5.78. The minimum atomic E-state index is -0.138. The number of hydrogen-bond acceptors (Lipinski definition) is 4. The van der Waals surface area contributed by atoms with Crippen LogP contribution in [0.4, 0.5) is 0 Å². The number of carbonyl (C=O) groups is 1. The first-order chi connectivity index (χ1) is 17.4. The first-order valence-corrected chi connectivity index (χ1v) is 12.5. The number of fused-ring (bicyclic) bond motifs is 1. The predicted molar refractivity (Wildman–Crippen MR) is 144 cm³/mol. The van der Waals surface area contributed by atoms with E-state index < -0.39 is 0 Å². The highest BCUT2D eigenvalue weighted by Gasteiger charge is 2.12. The molecule has 1 N–H and O–H groups in total. The summed E-state index contributed by atoms with van der Waals surface area (Å²) < 4.78 is 14.1. The zero-order valence-electron chi connectivity index (χ0n) is 21.6. The molecule has 0 aliphatic carbocycles. The van der Waals surface area contributed by atoms with Gasteiger partial charge in [0.1, 0.15) is 17.3 Å².